The van der Waals surface area contributed by atoms with E-state index in [1.165, 1.54) is 18.4 Å². The summed E-state index contributed by atoms with van der Waals surface area (Å²) >= 11 is 1.30. The lowest BCUT2D eigenvalue weighted by atomic mass is 10.0. The van der Waals surface area contributed by atoms with Gasteiger partial charge in [-0.2, -0.15) is 0 Å². The van der Waals surface area contributed by atoms with E-state index in [4.69, 9.17) is 4.74 Å². The van der Waals surface area contributed by atoms with Crippen LogP contribution in [0.5, 0.6) is 0 Å². The second kappa shape index (κ2) is 10.2. The molecule has 198 valence electrons. The SMILES string of the molecule is CNC(=O)c1cc(F)c(-c2nc3cc(C)ccn3c2C[C@H]2CN(C(=O)c3ncc(C)s3)CCO2)c(F)c1F. The Hall–Kier alpha value is -3.77. The third kappa shape index (κ3) is 4.65. The lowest BCUT2D eigenvalue weighted by Crippen LogP contribution is -2.46. The summed E-state index contributed by atoms with van der Waals surface area (Å²) in [4.78, 5) is 36.1. The molecule has 0 bridgehead atoms. The number of carbonyl (C=O) groups is 2. The first-order chi connectivity index (χ1) is 18.2. The van der Waals surface area contributed by atoms with E-state index in [9.17, 15) is 14.0 Å². The number of carbonyl (C=O) groups excluding carboxylic acids is 2. The van der Waals surface area contributed by atoms with Gasteiger partial charge in [-0.25, -0.2) is 23.1 Å². The maximum atomic E-state index is 15.3. The first-order valence-corrected chi connectivity index (χ1v) is 12.7. The second-order valence-corrected chi connectivity index (χ2v) is 10.3. The molecule has 0 saturated carbocycles. The molecule has 0 aliphatic carbocycles. The van der Waals surface area contributed by atoms with Gasteiger partial charge >= 0.3 is 0 Å². The molecule has 1 saturated heterocycles. The van der Waals surface area contributed by atoms with Crippen LogP contribution in [0.25, 0.3) is 16.9 Å². The van der Waals surface area contributed by atoms with Gasteiger partial charge < -0.3 is 19.4 Å². The van der Waals surface area contributed by atoms with Crippen LogP contribution in [0.15, 0.2) is 30.6 Å². The Kier molecular flexibility index (Phi) is 6.93. The van der Waals surface area contributed by atoms with Crippen molar-refractivity contribution in [3.8, 4) is 11.3 Å². The lowest BCUT2D eigenvalue weighted by Gasteiger charge is -2.32. The third-order valence-electron chi connectivity index (χ3n) is 6.40. The molecule has 38 heavy (non-hydrogen) atoms. The van der Waals surface area contributed by atoms with E-state index in [0.717, 1.165) is 10.4 Å². The number of aryl methyl sites for hydroxylation is 2. The Labute approximate surface area is 220 Å². The number of benzene rings is 1. The molecule has 1 aliphatic rings. The molecule has 1 atom stereocenters. The predicted octanol–water partition coefficient (Wildman–Crippen LogP) is 3.94. The highest BCUT2D eigenvalue weighted by molar-refractivity contribution is 7.13. The van der Waals surface area contributed by atoms with E-state index in [-0.39, 0.29) is 31.2 Å². The summed E-state index contributed by atoms with van der Waals surface area (Å²) in [7, 11) is 1.24. The van der Waals surface area contributed by atoms with Crippen LogP contribution in [0.4, 0.5) is 13.2 Å². The summed E-state index contributed by atoms with van der Waals surface area (Å²) in [6.07, 6.45) is 2.97. The number of nitrogens with zero attached hydrogens (tertiary/aromatic N) is 4. The number of fused-ring (bicyclic) bond motifs is 1. The highest BCUT2D eigenvalue weighted by Crippen LogP contribution is 2.33. The number of nitrogens with one attached hydrogen (secondary N) is 1. The van der Waals surface area contributed by atoms with Crippen LogP contribution in [0.1, 0.15) is 36.3 Å². The van der Waals surface area contributed by atoms with Gasteiger partial charge in [-0.15, -0.1) is 11.3 Å². The number of thiazole rings is 1. The van der Waals surface area contributed by atoms with Gasteiger partial charge in [0.25, 0.3) is 11.8 Å². The van der Waals surface area contributed by atoms with Crippen molar-refractivity contribution in [1.82, 2.24) is 24.6 Å². The largest absolute Gasteiger partial charge is 0.374 e. The van der Waals surface area contributed by atoms with E-state index < -0.39 is 40.6 Å². The summed E-state index contributed by atoms with van der Waals surface area (Å²) in [5, 5.41) is 2.55. The van der Waals surface area contributed by atoms with Crippen molar-refractivity contribution in [2.75, 3.05) is 26.7 Å². The minimum absolute atomic E-state index is 0.101. The fraction of sp³-hybridized carbons (Fsp3) is 0.308. The van der Waals surface area contributed by atoms with Gasteiger partial charge in [0.15, 0.2) is 16.6 Å². The Morgan fingerprint density at radius 1 is 1.21 bits per heavy atom. The van der Waals surface area contributed by atoms with E-state index >= 15 is 8.78 Å². The summed E-state index contributed by atoms with van der Waals surface area (Å²) in [5.74, 6) is -5.26. The van der Waals surface area contributed by atoms with Crippen molar-refractivity contribution in [2.45, 2.75) is 26.4 Å². The van der Waals surface area contributed by atoms with Gasteiger partial charge in [0.1, 0.15) is 11.5 Å². The molecule has 1 aliphatic heterocycles. The van der Waals surface area contributed by atoms with Gasteiger partial charge in [-0.3, -0.25) is 9.59 Å². The summed E-state index contributed by atoms with van der Waals surface area (Å²) in [6.45, 7) is 4.59. The van der Waals surface area contributed by atoms with Crippen LogP contribution in [0.3, 0.4) is 0 Å². The van der Waals surface area contributed by atoms with Crippen molar-refractivity contribution in [2.24, 2.45) is 0 Å². The molecule has 0 radical (unpaired) electrons. The number of hydrogen-bond donors (Lipinski definition) is 1. The number of imidazole rings is 1. The summed E-state index contributed by atoms with van der Waals surface area (Å²) in [5.41, 5.74) is 0.145. The smallest absolute Gasteiger partial charge is 0.283 e. The summed E-state index contributed by atoms with van der Waals surface area (Å²) in [6, 6.07) is 4.21. The third-order valence-corrected chi connectivity index (χ3v) is 7.30. The van der Waals surface area contributed by atoms with E-state index in [2.05, 4.69) is 15.3 Å². The molecule has 4 aromatic rings. The zero-order valence-corrected chi connectivity index (χ0v) is 21.7. The van der Waals surface area contributed by atoms with Crippen LogP contribution in [-0.4, -0.2) is 63.9 Å². The molecule has 8 nitrogen and oxygen atoms in total. The first kappa shape index (κ1) is 25.9. The van der Waals surface area contributed by atoms with Crippen molar-refractivity contribution in [3.05, 3.63) is 74.8 Å². The topological polar surface area (TPSA) is 88.8 Å². The number of ether oxygens (including phenoxy) is 1. The minimum atomic E-state index is -1.51. The van der Waals surface area contributed by atoms with Crippen LogP contribution in [-0.2, 0) is 11.2 Å². The normalized spacial score (nSPS) is 15.7. The number of amides is 2. The fourth-order valence-electron chi connectivity index (χ4n) is 4.54. The Morgan fingerprint density at radius 3 is 2.71 bits per heavy atom. The number of aromatic nitrogens is 3. The number of rotatable bonds is 5. The highest BCUT2D eigenvalue weighted by Gasteiger charge is 2.31. The maximum absolute atomic E-state index is 15.3. The molecular weight excluding hydrogens is 519 g/mol. The quantitative estimate of drug-likeness (QED) is 0.386. The lowest BCUT2D eigenvalue weighted by molar-refractivity contribution is -0.0212. The zero-order chi connectivity index (χ0) is 27.1. The Balaban J connectivity index is 1.55. The molecule has 4 heterocycles. The van der Waals surface area contributed by atoms with Gasteiger partial charge in [0.05, 0.1) is 35.2 Å². The standard InChI is InChI=1S/C26H24F3N5O3S/c1-13-4-5-34-18(9-15-12-33(6-7-37-15)26(36)25-31-11-14(2)38-25)23(32-19(34)8-13)20-17(27)10-16(24(35)30-3)21(28)22(20)29/h4-5,8,10-11,15H,6-7,9,12H2,1-3H3,(H,30,35)/t15-/m0/s1. The van der Waals surface area contributed by atoms with Crippen molar-refractivity contribution in [1.29, 1.82) is 0 Å². The molecule has 0 spiro atoms. The van der Waals surface area contributed by atoms with Crippen LogP contribution in [0, 0.1) is 31.3 Å². The Morgan fingerprint density at radius 2 is 2.00 bits per heavy atom. The molecule has 2 amide bonds. The van der Waals surface area contributed by atoms with E-state index in [0.29, 0.717) is 29.0 Å². The molecule has 1 N–H and O–H groups in total. The molecule has 1 aromatic carbocycles. The fourth-order valence-corrected chi connectivity index (χ4v) is 5.27. The molecule has 1 fully saturated rings. The number of morpholine rings is 1. The highest BCUT2D eigenvalue weighted by atomic mass is 32.1. The Bertz CT molecular complexity index is 1570. The van der Waals surface area contributed by atoms with E-state index in [1.807, 2.05) is 19.9 Å². The average Bonchev–Trinajstić information content (AvgIpc) is 3.48. The van der Waals surface area contributed by atoms with Gasteiger partial charge in [0, 0.05) is 43.8 Å². The number of pyridine rings is 1. The maximum Gasteiger partial charge on any atom is 0.283 e. The van der Waals surface area contributed by atoms with E-state index in [1.54, 1.807) is 27.8 Å². The summed E-state index contributed by atoms with van der Waals surface area (Å²) < 4.78 is 53.0. The minimum Gasteiger partial charge on any atom is -0.374 e. The van der Waals surface area contributed by atoms with Crippen molar-refractivity contribution < 1.29 is 27.5 Å². The molecule has 0 unspecified atom stereocenters. The number of hydrogen-bond acceptors (Lipinski definition) is 6. The zero-order valence-electron chi connectivity index (χ0n) is 20.8. The average molecular weight is 544 g/mol. The second-order valence-electron chi connectivity index (χ2n) is 9.05. The monoisotopic (exact) mass is 543 g/mol. The number of halogens is 3. The molecule has 5 rings (SSSR count). The van der Waals surface area contributed by atoms with Crippen LogP contribution < -0.4 is 5.32 Å². The van der Waals surface area contributed by atoms with Gasteiger partial charge in [0.2, 0.25) is 0 Å². The van der Waals surface area contributed by atoms with Crippen molar-refractivity contribution in [3.63, 3.8) is 0 Å². The van der Waals surface area contributed by atoms with Crippen molar-refractivity contribution >= 4 is 28.8 Å². The molecule has 3 aromatic heterocycles. The van der Waals surface area contributed by atoms with Crippen LogP contribution in [0.2, 0.25) is 0 Å². The molecular formula is C26H24F3N5O3S. The predicted molar refractivity (Wildman–Crippen MR) is 135 cm³/mol. The first-order valence-electron chi connectivity index (χ1n) is 11.9. The van der Waals surface area contributed by atoms with Gasteiger partial charge in [-0.1, -0.05) is 0 Å². The van der Waals surface area contributed by atoms with Crippen LogP contribution >= 0.6 is 11.3 Å². The molecule has 12 heteroatoms. The van der Waals surface area contributed by atoms with Gasteiger partial charge in [-0.05, 0) is 37.6 Å².